The van der Waals surface area contributed by atoms with E-state index in [1.54, 1.807) is 19.1 Å². The number of carbonyl (C=O) groups excluding carboxylic acids is 1. The molecule has 2 N–H and O–H groups in total. The molecule has 0 saturated heterocycles. The molecule has 1 amide bonds. The van der Waals surface area contributed by atoms with Gasteiger partial charge in [-0.3, -0.25) is 9.52 Å². The number of carbonyl (C=O) groups is 1. The molecule has 0 radical (unpaired) electrons. The lowest BCUT2D eigenvalue weighted by Crippen LogP contribution is -2.35. The second kappa shape index (κ2) is 9.69. The molecule has 2 aromatic rings. The van der Waals surface area contributed by atoms with Crippen LogP contribution in [0.3, 0.4) is 0 Å². The van der Waals surface area contributed by atoms with E-state index in [2.05, 4.69) is 10.0 Å². The molecule has 0 fully saturated rings. The van der Waals surface area contributed by atoms with Crippen LogP contribution in [0.2, 0.25) is 5.02 Å². The van der Waals surface area contributed by atoms with Crippen molar-refractivity contribution in [2.45, 2.75) is 24.4 Å². The predicted octanol–water partition coefficient (Wildman–Crippen LogP) is 3.90. The van der Waals surface area contributed by atoms with Crippen molar-refractivity contribution < 1.29 is 9.53 Å². The van der Waals surface area contributed by atoms with Crippen LogP contribution in [0.4, 0.5) is 0 Å². The number of rotatable bonds is 8. The third-order valence-electron chi connectivity index (χ3n) is 3.29. The minimum Gasteiger partial charge on any atom is -0.383 e. The monoisotopic (exact) mass is 364 g/mol. The zero-order chi connectivity index (χ0) is 17.4. The highest BCUT2D eigenvalue weighted by atomic mass is 35.5. The van der Waals surface area contributed by atoms with Crippen molar-refractivity contribution in [3.63, 3.8) is 0 Å². The summed E-state index contributed by atoms with van der Waals surface area (Å²) < 4.78 is 8.31. The summed E-state index contributed by atoms with van der Waals surface area (Å²) in [6, 6.07) is 15.2. The Balaban J connectivity index is 1.81. The van der Waals surface area contributed by atoms with E-state index in [-0.39, 0.29) is 11.9 Å². The molecule has 0 saturated carbocycles. The van der Waals surface area contributed by atoms with Gasteiger partial charge in [-0.05, 0) is 60.8 Å². The Labute approximate surface area is 152 Å². The highest BCUT2D eigenvalue weighted by molar-refractivity contribution is 7.97. The number of hydrogen-bond donors (Lipinski definition) is 2. The van der Waals surface area contributed by atoms with Gasteiger partial charge in [-0.25, -0.2) is 0 Å². The Bertz CT molecular complexity index is 647. The van der Waals surface area contributed by atoms with Gasteiger partial charge < -0.3 is 10.1 Å². The minimum atomic E-state index is -0.0883. The molecular formula is C18H21ClN2O2S. The summed E-state index contributed by atoms with van der Waals surface area (Å²) >= 11 is 7.41. The Kier molecular flexibility index (Phi) is 7.59. The summed E-state index contributed by atoms with van der Waals surface area (Å²) in [5.41, 5.74) is 1.75. The van der Waals surface area contributed by atoms with Crippen LogP contribution in [-0.4, -0.2) is 25.7 Å². The molecule has 0 aliphatic heterocycles. The van der Waals surface area contributed by atoms with Crippen molar-refractivity contribution in [3.8, 4) is 0 Å². The second-order valence-corrected chi connectivity index (χ2v) is 6.80. The van der Waals surface area contributed by atoms with Gasteiger partial charge in [0.2, 0.25) is 0 Å². The molecule has 4 nitrogen and oxygen atoms in total. The fraction of sp³-hybridized carbons (Fsp3) is 0.278. The van der Waals surface area contributed by atoms with Gasteiger partial charge in [-0.15, -0.1) is 0 Å². The molecule has 1 unspecified atom stereocenters. The number of halogens is 1. The standard InChI is InChI=1S/C18H21ClN2O2S/c1-13(12-23-2)21-18(22)15-5-3-14(4-6-15)11-20-24-17-9-7-16(19)8-10-17/h3-10,13,20H,11-12H2,1-2H3,(H,21,22). The summed E-state index contributed by atoms with van der Waals surface area (Å²) in [5.74, 6) is -0.0883. The van der Waals surface area contributed by atoms with Gasteiger partial charge in [0, 0.05) is 35.2 Å². The average Bonchev–Trinajstić information content (AvgIpc) is 2.57. The lowest BCUT2D eigenvalue weighted by molar-refractivity contribution is 0.0905. The molecule has 0 aliphatic rings. The number of methoxy groups -OCH3 is 1. The first kappa shape index (κ1) is 18.8. The highest BCUT2D eigenvalue weighted by Gasteiger charge is 2.09. The summed E-state index contributed by atoms with van der Waals surface area (Å²) in [6.07, 6.45) is 0. The molecule has 0 heterocycles. The summed E-state index contributed by atoms with van der Waals surface area (Å²) in [4.78, 5) is 13.2. The largest absolute Gasteiger partial charge is 0.383 e. The van der Waals surface area contributed by atoms with E-state index < -0.39 is 0 Å². The first-order chi connectivity index (χ1) is 11.6. The van der Waals surface area contributed by atoms with Crippen LogP contribution >= 0.6 is 23.5 Å². The summed E-state index contributed by atoms with van der Waals surface area (Å²) in [6.45, 7) is 3.11. The molecule has 0 aliphatic carbocycles. The maximum absolute atomic E-state index is 12.1. The van der Waals surface area contributed by atoms with Crippen LogP contribution in [-0.2, 0) is 11.3 Å². The topological polar surface area (TPSA) is 50.4 Å². The summed E-state index contributed by atoms with van der Waals surface area (Å²) in [7, 11) is 1.62. The molecule has 2 rings (SSSR count). The Morgan fingerprint density at radius 2 is 1.83 bits per heavy atom. The van der Waals surface area contributed by atoms with Gasteiger partial charge in [0.05, 0.1) is 6.61 Å². The van der Waals surface area contributed by atoms with Gasteiger partial charge in [0.25, 0.3) is 5.91 Å². The van der Waals surface area contributed by atoms with Crippen LogP contribution in [0.1, 0.15) is 22.8 Å². The first-order valence-corrected chi connectivity index (χ1v) is 8.82. The zero-order valence-electron chi connectivity index (χ0n) is 13.7. The third kappa shape index (κ3) is 6.17. The highest BCUT2D eigenvalue weighted by Crippen LogP contribution is 2.18. The fourth-order valence-corrected chi connectivity index (χ4v) is 2.88. The van der Waals surface area contributed by atoms with Gasteiger partial charge in [-0.1, -0.05) is 23.7 Å². The van der Waals surface area contributed by atoms with Gasteiger partial charge >= 0.3 is 0 Å². The summed E-state index contributed by atoms with van der Waals surface area (Å²) in [5, 5.41) is 3.62. The normalized spacial score (nSPS) is 12.0. The number of hydrogen-bond acceptors (Lipinski definition) is 4. The van der Waals surface area contributed by atoms with Crippen molar-refractivity contribution in [1.82, 2.24) is 10.0 Å². The van der Waals surface area contributed by atoms with Gasteiger partial charge in [0.1, 0.15) is 0 Å². The molecular weight excluding hydrogens is 344 g/mol. The van der Waals surface area contributed by atoms with E-state index >= 15 is 0 Å². The van der Waals surface area contributed by atoms with Crippen LogP contribution in [0.15, 0.2) is 53.4 Å². The van der Waals surface area contributed by atoms with Crippen LogP contribution in [0.25, 0.3) is 0 Å². The van der Waals surface area contributed by atoms with Crippen molar-refractivity contribution in [2.24, 2.45) is 0 Å². The second-order valence-electron chi connectivity index (χ2n) is 5.40. The van der Waals surface area contributed by atoms with Crippen molar-refractivity contribution in [1.29, 1.82) is 0 Å². The first-order valence-electron chi connectivity index (χ1n) is 7.62. The minimum absolute atomic E-state index is 0.0142. The number of amides is 1. The van der Waals surface area contributed by atoms with E-state index in [0.717, 1.165) is 15.5 Å². The molecule has 0 aromatic heterocycles. The van der Waals surface area contributed by atoms with E-state index in [4.69, 9.17) is 16.3 Å². The predicted molar refractivity (Wildman–Crippen MR) is 99.4 cm³/mol. The van der Waals surface area contributed by atoms with E-state index in [1.807, 2.05) is 55.5 Å². The number of benzene rings is 2. The van der Waals surface area contributed by atoms with Crippen LogP contribution in [0.5, 0.6) is 0 Å². The SMILES string of the molecule is COCC(C)NC(=O)c1ccc(CNSc2ccc(Cl)cc2)cc1. The lowest BCUT2D eigenvalue weighted by Gasteiger charge is -2.13. The lowest BCUT2D eigenvalue weighted by atomic mass is 10.1. The Morgan fingerprint density at radius 3 is 2.46 bits per heavy atom. The van der Waals surface area contributed by atoms with Crippen molar-refractivity contribution in [3.05, 3.63) is 64.7 Å². The van der Waals surface area contributed by atoms with E-state index in [1.165, 1.54) is 0 Å². The fourth-order valence-electron chi connectivity index (χ4n) is 2.08. The third-order valence-corrected chi connectivity index (χ3v) is 4.34. The Hall–Kier alpha value is -1.53. The average molecular weight is 365 g/mol. The van der Waals surface area contributed by atoms with Gasteiger partial charge in [0.15, 0.2) is 0 Å². The number of nitrogens with one attached hydrogen (secondary N) is 2. The van der Waals surface area contributed by atoms with Crippen LogP contribution < -0.4 is 10.0 Å². The number of ether oxygens (including phenoxy) is 1. The molecule has 1 atom stereocenters. The van der Waals surface area contributed by atoms with Crippen molar-refractivity contribution >= 4 is 29.5 Å². The molecule has 128 valence electrons. The molecule has 0 spiro atoms. The van der Waals surface area contributed by atoms with E-state index in [9.17, 15) is 4.79 Å². The maximum atomic E-state index is 12.1. The molecule has 2 aromatic carbocycles. The Morgan fingerprint density at radius 1 is 1.17 bits per heavy atom. The zero-order valence-corrected chi connectivity index (χ0v) is 15.3. The maximum Gasteiger partial charge on any atom is 0.251 e. The quantitative estimate of drug-likeness (QED) is 0.697. The molecule has 6 heteroatoms. The van der Waals surface area contributed by atoms with Crippen LogP contribution in [0, 0.1) is 0 Å². The van der Waals surface area contributed by atoms with Gasteiger partial charge in [-0.2, -0.15) is 0 Å². The smallest absolute Gasteiger partial charge is 0.251 e. The molecule has 24 heavy (non-hydrogen) atoms. The van der Waals surface area contributed by atoms with E-state index in [0.29, 0.717) is 18.7 Å². The molecule has 0 bridgehead atoms. The van der Waals surface area contributed by atoms with Crippen molar-refractivity contribution in [2.75, 3.05) is 13.7 Å².